The predicted molar refractivity (Wildman–Crippen MR) is 114 cm³/mol. The smallest absolute Gasteiger partial charge is 0.352 e. The van der Waals surface area contributed by atoms with E-state index in [0.29, 0.717) is 11.3 Å². The van der Waals surface area contributed by atoms with Crippen molar-refractivity contribution in [1.29, 1.82) is 0 Å². The van der Waals surface area contributed by atoms with E-state index in [9.17, 15) is 19.5 Å². The number of aliphatic carboxylic acids is 1. The number of carbonyl (C=O) groups excluding carboxylic acids is 2. The van der Waals surface area contributed by atoms with Crippen LogP contribution in [0.3, 0.4) is 0 Å². The lowest BCUT2D eigenvalue weighted by Crippen LogP contribution is -2.71. The highest BCUT2D eigenvalue weighted by atomic mass is 32.2. The third kappa shape index (κ3) is 4.19. The van der Waals surface area contributed by atoms with Gasteiger partial charge in [0.05, 0.1) is 0 Å². The first-order valence-corrected chi connectivity index (χ1v) is 11.0. The Bertz CT molecular complexity index is 968. The number of nitrogens with two attached hydrogens (primary N) is 1. The Labute approximate surface area is 180 Å². The Morgan fingerprint density at radius 3 is 2.80 bits per heavy atom. The van der Waals surface area contributed by atoms with Crippen molar-refractivity contribution in [2.75, 3.05) is 11.5 Å². The number of amides is 2. The van der Waals surface area contributed by atoms with E-state index in [1.807, 2.05) is 0 Å². The molecule has 0 bridgehead atoms. The molecule has 0 radical (unpaired) electrons. The number of nitrogens with zero attached hydrogens (tertiary/aromatic N) is 3. The molecule has 2 amide bonds. The number of carboxylic acids is 1. The number of allylic oxidation sites excluding steroid dienone is 2. The van der Waals surface area contributed by atoms with E-state index < -0.39 is 29.2 Å². The Morgan fingerprint density at radius 2 is 2.23 bits per heavy atom. The van der Waals surface area contributed by atoms with E-state index in [-0.39, 0.29) is 28.3 Å². The fraction of sp³-hybridized carbons (Fsp3) is 0.389. The maximum Gasteiger partial charge on any atom is 0.352 e. The van der Waals surface area contributed by atoms with Gasteiger partial charge < -0.3 is 21.0 Å². The zero-order valence-corrected chi connectivity index (χ0v) is 18.1. The van der Waals surface area contributed by atoms with Crippen LogP contribution in [0.5, 0.6) is 0 Å². The molecule has 1 aromatic rings. The topological polar surface area (TPSA) is 147 Å². The van der Waals surface area contributed by atoms with Crippen LogP contribution in [0.1, 0.15) is 26.5 Å². The summed E-state index contributed by atoms with van der Waals surface area (Å²) in [7, 11) is 0. The van der Waals surface area contributed by atoms with Gasteiger partial charge in [-0.05, 0) is 26.3 Å². The SMILES string of the molecule is C/C=C\C1=C(C(=O)O)N2C(=O)[C@@H](NC(=O)/C(=N\OC(C)C)c3csc(N)n3)[C@@H]2SC1. The average molecular weight is 452 g/mol. The maximum atomic E-state index is 12.9. The number of oxime groups is 1. The largest absolute Gasteiger partial charge is 0.477 e. The van der Waals surface area contributed by atoms with E-state index in [1.54, 1.807) is 38.3 Å². The number of hydrogen-bond donors (Lipinski definition) is 3. The molecule has 3 heterocycles. The van der Waals surface area contributed by atoms with Crippen molar-refractivity contribution in [3.63, 3.8) is 0 Å². The molecule has 2 aliphatic rings. The van der Waals surface area contributed by atoms with Crippen molar-refractivity contribution < 1.29 is 24.3 Å². The Kier molecular flexibility index (Phi) is 6.46. The first-order valence-electron chi connectivity index (χ1n) is 9.04. The fourth-order valence-electron chi connectivity index (χ4n) is 2.94. The molecule has 2 atom stereocenters. The maximum absolute atomic E-state index is 12.9. The van der Waals surface area contributed by atoms with Crippen LogP contribution in [0.15, 0.2) is 34.0 Å². The molecule has 3 rings (SSSR count). The molecule has 0 saturated carbocycles. The van der Waals surface area contributed by atoms with Crippen molar-refractivity contribution in [3.05, 3.63) is 34.5 Å². The Balaban J connectivity index is 1.81. The molecule has 1 fully saturated rings. The molecule has 0 spiro atoms. The Morgan fingerprint density at radius 1 is 1.50 bits per heavy atom. The summed E-state index contributed by atoms with van der Waals surface area (Å²) >= 11 is 2.52. The summed E-state index contributed by atoms with van der Waals surface area (Å²) in [5.74, 6) is -1.93. The molecular weight excluding hydrogens is 430 g/mol. The second kappa shape index (κ2) is 8.88. The van der Waals surface area contributed by atoms with Crippen LogP contribution < -0.4 is 11.1 Å². The summed E-state index contributed by atoms with van der Waals surface area (Å²) in [4.78, 5) is 47.7. The van der Waals surface area contributed by atoms with Gasteiger partial charge in [0.15, 0.2) is 10.8 Å². The molecule has 2 aliphatic heterocycles. The highest BCUT2D eigenvalue weighted by Gasteiger charge is 2.54. The molecular formula is C18H21N5O5S2. The van der Waals surface area contributed by atoms with Gasteiger partial charge in [0.1, 0.15) is 28.9 Å². The molecule has 4 N–H and O–H groups in total. The highest BCUT2D eigenvalue weighted by molar-refractivity contribution is 8.00. The van der Waals surface area contributed by atoms with Gasteiger partial charge >= 0.3 is 5.97 Å². The minimum Gasteiger partial charge on any atom is -0.477 e. The number of nitrogen functional groups attached to an aromatic ring is 1. The number of hydrogen-bond acceptors (Lipinski definition) is 9. The number of fused-ring (bicyclic) bond motifs is 1. The van der Waals surface area contributed by atoms with Gasteiger partial charge in [-0.3, -0.25) is 14.5 Å². The van der Waals surface area contributed by atoms with Gasteiger partial charge in [0.25, 0.3) is 11.8 Å². The van der Waals surface area contributed by atoms with E-state index in [4.69, 9.17) is 10.6 Å². The average Bonchev–Trinajstić information content (AvgIpc) is 3.11. The summed E-state index contributed by atoms with van der Waals surface area (Å²) in [6.45, 7) is 5.28. The molecule has 10 nitrogen and oxygen atoms in total. The molecule has 1 aromatic heterocycles. The number of carboxylic acid groups (broad SMARTS) is 1. The van der Waals surface area contributed by atoms with Crippen LogP contribution >= 0.6 is 23.1 Å². The first-order chi connectivity index (χ1) is 14.2. The summed E-state index contributed by atoms with van der Waals surface area (Å²) in [5.41, 5.74) is 6.27. The molecule has 12 heteroatoms. The van der Waals surface area contributed by atoms with Gasteiger partial charge in [-0.25, -0.2) is 9.78 Å². The molecule has 160 valence electrons. The van der Waals surface area contributed by atoms with E-state index >= 15 is 0 Å². The summed E-state index contributed by atoms with van der Waals surface area (Å²) in [6, 6.07) is -0.885. The van der Waals surface area contributed by atoms with Crippen LogP contribution in [-0.4, -0.2) is 61.8 Å². The lowest BCUT2D eigenvalue weighted by Gasteiger charge is -2.49. The van der Waals surface area contributed by atoms with Gasteiger partial charge in [-0.1, -0.05) is 17.3 Å². The number of thiazole rings is 1. The number of nitrogens with one attached hydrogen (secondary N) is 1. The fourth-order valence-corrected chi connectivity index (χ4v) is 4.81. The number of thioether (sulfide) groups is 1. The lowest BCUT2D eigenvalue weighted by molar-refractivity contribution is -0.150. The minimum atomic E-state index is -1.18. The van der Waals surface area contributed by atoms with Crippen LogP contribution in [0.2, 0.25) is 0 Å². The molecule has 30 heavy (non-hydrogen) atoms. The molecule has 1 saturated heterocycles. The van der Waals surface area contributed by atoms with E-state index in [2.05, 4.69) is 15.5 Å². The highest BCUT2D eigenvalue weighted by Crippen LogP contribution is 2.40. The standard InChI is InChI=1S/C18H21N5O5S2/c1-4-5-9-6-29-16-12(15(25)23(16)13(9)17(26)27)21-14(24)11(22-28-8(2)3)10-7-30-18(19)20-10/h4-5,7-8,12,16H,6H2,1-3H3,(H2,19,20)(H,21,24)(H,26,27)/b5-4-,22-11-/t12-,16+/m1/s1. The van der Waals surface area contributed by atoms with Gasteiger partial charge in [-0.2, -0.15) is 0 Å². The van der Waals surface area contributed by atoms with Gasteiger partial charge in [0.2, 0.25) is 0 Å². The van der Waals surface area contributed by atoms with Crippen molar-refractivity contribution in [1.82, 2.24) is 15.2 Å². The van der Waals surface area contributed by atoms with Crippen molar-refractivity contribution >= 4 is 51.7 Å². The Hall–Kier alpha value is -2.86. The molecule has 0 aromatic carbocycles. The zero-order chi connectivity index (χ0) is 22.0. The summed E-state index contributed by atoms with van der Waals surface area (Å²) < 4.78 is 0. The number of aromatic nitrogens is 1. The molecule has 0 aliphatic carbocycles. The quantitative estimate of drug-likeness (QED) is 0.318. The number of carbonyl (C=O) groups is 3. The van der Waals surface area contributed by atoms with Gasteiger partial charge in [0, 0.05) is 11.1 Å². The molecule has 0 unspecified atom stereocenters. The van der Waals surface area contributed by atoms with Crippen LogP contribution in [0.25, 0.3) is 0 Å². The van der Waals surface area contributed by atoms with Crippen LogP contribution in [0, 0.1) is 0 Å². The number of rotatable bonds is 7. The number of β-lactam (4-membered cyclic amide) rings is 1. The second-order valence-corrected chi connectivity index (χ2v) is 8.70. The monoisotopic (exact) mass is 451 g/mol. The van der Waals surface area contributed by atoms with Gasteiger partial charge in [-0.15, -0.1) is 23.1 Å². The predicted octanol–water partition coefficient (Wildman–Crippen LogP) is 1.17. The zero-order valence-electron chi connectivity index (χ0n) is 16.5. The summed E-state index contributed by atoms with van der Waals surface area (Å²) in [6.07, 6.45) is 3.12. The number of anilines is 1. The summed E-state index contributed by atoms with van der Waals surface area (Å²) in [5, 5.41) is 17.4. The van der Waals surface area contributed by atoms with E-state index in [0.717, 1.165) is 11.3 Å². The minimum absolute atomic E-state index is 0.0587. The third-order valence-corrected chi connectivity index (χ3v) is 6.17. The van der Waals surface area contributed by atoms with E-state index in [1.165, 1.54) is 16.7 Å². The lowest BCUT2D eigenvalue weighted by atomic mass is 10.0. The van der Waals surface area contributed by atoms with Crippen LogP contribution in [-0.2, 0) is 19.2 Å². The third-order valence-electron chi connectivity index (χ3n) is 4.19. The van der Waals surface area contributed by atoms with Crippen LogP contribution in [0.4, 0.5) is 5.13 Å². The van der Waals surface area contributed by atoms with Crippen molar-refractivity contribution in [2.24, 2.45) is 5.16 Å². The first kappa shape index (κ1) is 21.8. The van der Waals surface area contributed by atoms with Crippen molar-refractivity contribution in [2.45, 2.75) is 38.3 Å². The second-order valence-electron chi connectivity index (χ2n) is 6.70. The van der Waals surface area contributed by atoms with Crippen molar-refractivity contribution in [3.8, 4) is 0 Å². The normalized spacial score (nSPS) is 21.7.